The zero-order chi connectivity index (χ0) is 20.8. The lowest BCUT2D eigenvalue weighted by Gasteiger charge is -2.36. The quantitative estimate of drug-likeness (QED) is 0.647. The van der Waals surface area contributed by atoms with Crippen LogP contribution < -0.4 is 0 Å². The molecule has 1 aliphatic rings. The van der Waals surface area contributed by atoms with Crippen LogP contribution in [0, 0.1) is 5.92 Å². The molecule has 0 radical (unpaired) electrons. The van der Waals surface area contributed by atoms with Crippen molar-refractivity contribution >= 4 is 16.3 Å². The van der Waals surface area contributed by atoms with Gasteiger partial charge in [0.1, 0.15) is 0 Å². The Hall–Kier alpha value is -2.13. The average Bonchev–Trinajstić information content (AvgIpc) is 3.23. The van der Waals surface area contributed by atoms with E-state index in [4.69, 9.17) is 0 Å². The van der Waals surface area contributed by atoms with Crippen LogP contribution in [0.3, 0.4) is 0 Å². The molecule has 0 spiro atoms. The van der Waals surface area contributed by atoms with E-state index < -0.39 is 11.7 Å². The van der Waals surface area contributed by atoms with Gasteiger partial charge in [-0.05, 0) is 49.5 Å². The molecule has 29 heavy (non-hydrogen) atoms. The van der Waals surface area contributed by atoms with Gasteiger partial charge in [0, 0.05) is 6.42 Å². The van der Waals surface area contributed by atoms with Gasteiger partial charge in [-0.3, -0.25) is 4.90 Å². The zero-order valence-electron chi connectivity index (χ0n) is 16.3. The summed E-state index contributed by atoms with van der Waals surface area (Å²) in [5.41, 5.74) is 0.0507. The van der Waals surface area contributed by atoms with Crippen molar-refractivity contribution in [2.75, 3.05) is 13.1 Å². The van der Waals surface area contributed by atoms with Gasteiger partial charge in [0.05, 0.1) is 16.5 Å². The Bertz CT molecular complexity index is 988. The molecule has 1 N–H and O–H groups in total. The first-order valence-electron chi connectivity index (χ1n) is 9.76. The van der Waals surface area contributed by atoms with Crippen molar-refractivity contribution in [2.45, 2.75) is 45.3 Å². The number of piperidine rings is 1. The highest BCUT2D eigenvalue weighted by Crippen LogP contribution is 2.42. The molecule has 1 aliphatic heterocycles. The highest BCUT2D eigenvalue weighted by molar-refractivity contribution is 7.17. The van der Waals surface area contributed by atoms with E-state index in [1.54, 1.807) is 0 Å². The smallest absolute Gasteiger partial charge is 0.416 e. The number of hydrogen-bond acceptors (Lipinski definition) is 5. The molecule has 0 aliphatic carbocycles. The van der Waals surface area contributed by atoms with Crippen LogP contribution in [0.15, 0.2) is 24.3 Å². The van der Waals surface area contributed by atoms with Gasteiger partial charge in [0.15, 0.2) is 5.82 Å². The minimum absolute atomic E-state index is 0.0146. The Labute approximate surface area is 170 Å². The second kappa shape index (κ2) is 7.60. The van der Waals surface area contributed by atoms with Gasteiger partial charge < -0.3 is 5.11 Å². The normalized spacial score (nSPS) is 17.8. The van der Waals surface area contributed by atoms with Crippen molar-refractivity contribution in [3.05, 3.63) is 46.1 Å². The van der Waals surface area contributed by atoms with Gasteiger partial charge in [-0.25, -0.2) is 4.98 Å². The second-order valence-corrected chi connectivity index (χ2v) is 8.62. The van der Waals surface area contributed by atoms with E-state index >= 15 is 0 Å². The SMILES string of the molecule is CCc1nc2sc([C@@H](c3ccc(C(F)(F)F)cc3)N3CCC(C)CC3)c(O)n2n1. The standard InChI is InChI=1S/C20H23F3N4OS/c1-3-15-24-19-27(25-15)18(28)17(29-19)16(26-10-8-12(2)9-11-26)13-4-6-14(7-5-13)20(21,22)23/h4-7,12,16,28H,3,8-11H2,1-2H3/t16-/m1/s1. The molecule has 2 aromatic heterocycles. The van der Waals surface area contributed by atoms with Crippen molar-refractivity contribution in [1.82, 2.24) is 19.5 Å². The van der Waals surface area contributed by atoms with Gasteiger partial charge in [-0.15, -0.1) is 5.10 Å². The summed E-state index contributed by atoms with van der Waals surface area (Å²) in [6.45, 7) is 5.79. The molecule has 4 rings (SSSR count). The number of rotatable bonds is 4. The van der Waals surface area contributed by atoms with Gasteiger partial charge in [0.2, 0.25) is 10.8 Å². The molecule has 9 heteroatoms. The molecule has 0 bridgehead atoms. The van der Waals surface area contributed by atoms with Gasteiger partial charge >= 0.3 is 6.18 Å². The third kappa shape index (κ3) is 3.85. The minimum Gasteiger partial charge on any atom is -0.492 e. The van der Waals surface area contributed by atoms with E-state index in [0.717, 1.165) is 43.6 Å². The van der Waals surface area contributed by atoms with Gasteiger partial charge in [0.25, 0.3) is 0 Å². The van der Waals surface area contributed by atoms with Gasteiger partial charge in [-0.2, -0.15) is 17.7 Å². The molecule has 0 unspecified atom stereocenters. The summed E-state index contributed by atoms with van der Waals surface area (Å²) in [6, 6.07) is 4.91. The topological polar surface area (TPSA) is 53.7 Å². The Morgan fingerprint density at radius 2 is 1.86 bits per heavy atom. The molecule has 3 aromatic rings. The number of aromatic nitrogens is 3. The Morgan fingerprint density at radius 1 is 1.21 bits per heavy atom. The summed E-state index contributed by atoms with van der Waals surface area (Å²) in [5.74, 6) is 1.28. The fourth-order valence-corrected chi connectivity index (χ4v) is 4.92. The molecule has 3 heterocycles. The fraction of sp³-hybridized carbons (Fsp3) is 0.500. The molecule has 0 saturated carbocycles. The molecule has 1 saturated heterocycles. The predicted molar refractivity (Wildman–Crippen MR) is 105 cm³/mol. The number of halogens is 3. The van der Waals surface area contributed by atoms with Crippen molar-refractivity contribution in [3.8, 4) is 5.88 Å². The summed E-state index contributed by atoms with van der Waals surface area (Å²) >= 11 is 1.34. The first-order chi connectivity index (χ1) is 13.8. The maximum Gasteiger partial charge on any atom is 0.416 e. The first-order valence-corrected chi connectivity index (χ1v) is 10.6. The highest BCUT2D eigenvalue weighted by Gasteiger charge is 2.33. The number of fused-ring (bicyclic) bond motifs is 1. The molecular formula is C20H23F3N4OS. The number of aryl methyl sites for hydroxylation is 1. The maximum absolute atomic E-state index is 13.0. The van der Waals surface area contributed by atoms with Crippen LogP contribution in [0.2, 0.25) is 0 Å². The lowest BCUT2D eigenvalue weighted by Crippen LogP contribution is -2.36. The number of likely N-dealkylation sites (tertiary alicyclic amines) is 1. The molecule has 0 amide bonds. The largest absolute Gasteiger partial charge is 0.492 e. The van der Waals surface area contributed by atoms with E-state index in [0.29, 0.717) is 28.0 Å². The van der Waals surface area contributed by atoms with Crippen LogP contribution in [-0.2, 0) is 12.6 Å². The molecule has 1 fully saturated rings. The molecule has 1 aromatic carbocycles. The monoisotopic (exact) mass is 424 g/mol. The predicted octanol–water partition coefficient (Wildman–Crippen LogP) is 4.90. The lowest BCUT2D eigenvalue weighted by molar-refractivity contribution is -0.137. The van der Waals surface area contributed by atoms with E-state index in [-0.39, 0.29) is 11.9 Å². The summed E-state index contributed by atoms with van der Waals surface area (Å²) in [7, 11) is 0. The first kappa shape index (κ1) is 20.2. The van der Waals surface area contributed by atoms with Crippen molar-refractivity contribution in [1.29, 1.82) is 0 Å². The molecule has 5 nitrogen and oxygen atoms in total. The molecular weight excluding hydrogens is 401 g/mol. The van der Waals surface area contributed by atoms with Crippen LogP contribution in [0.25, 0.3) is 4.96 Å². The van der Waals surface area contributed by atoms with Crippen molar-refractivity contribution in [2.24, 2.45) is 5.92 Å². The molecule has 1 atom stereocenters. The summed E-state index contributed by atoms with van der Waals surface area (Å²) < 4.78 is 40.5. The highest BCUT2D eigenvalue weighted by atomic mass is 32.1. The van der Waals surface area contributed by atoms with Crippen molar-refractivity contribution < 1.29 is 18.3 Å². The van der Waals surface area contributed by atoms with E-state index in [2.05, 4.69) is 21.9 Å². The fourth-order valence-electron chi connectivity index (χ4n) is 3.79. The van der Waals surface area contributed by atoms with Crippen LogP contribution in [0.4, 0.5) is 13.2 Å². The Kier molecular flexibility index (Phi) is 5.29. The second-order valence-electron chi connectivity index (χ2n) is 7.61. The van der Waals surface area contributed by atoms with E-state index in [1.807, 2.05) is 6.92 Å². The third-order valence-electron chi connectivity index (χ3n) is 5.55. The summed E-state index contributed by atoms with van der Waals surface area (Å²) in [5, 5.41) is 15.2. The van der Waals surface area contributed by atoms with Crippen LogP contribution >= 0.6 is 11.3 Å². The Morgan fingerprint density at radius 3 is 2.41 bits per heavy atom. The minimum atomic E-state index is -4.37. The number of thiazole rings is 1. The van der Waals surface area contributed by atoms with Gasteiger partial charge in [-0.1, -0.05) is 37.3 Å². The zero-order valence-corrected chi connectivity index (χ0v) is 17.1. The van der Waals surface area contributed by atoms with Crippen LogP contribution in [0.5, 0.6) is 5.88 Å². The number of benzene rings is 1. The van der Waals surface area contributed by atoms with Crippen LogP contribution in [-0.4, -0.2) is 37.7 Å². The van der Waals surface area contributed by atoms with E-state index in [9.17, 15) is 18.3 Å². The third-order valence-corrected chi connectivity index (χ3v) is 6.62. The number of nitrogens with zero attached hydrogens (tertiary/aromatic N) is 4. The lowest BCUT2D eigenvalue weighted by atomic mass is 9.95. The number of alkyl halides is 3. The summed E-state index contributed by atoms with van der Waals surface area (Å²) in [4.78, 5) is 7.92. The van der Waals surface area contributed by atoms with Crippen LogP contribution in [0.1, 0.15) is 54.6 Å². The van der Waals surface area contributed by atoms with Crippen molar-refractivity contribution in [3.63, 3.8) is 0 Å². The molecule has 156 valence electrons. The maximum atomic E-state index is 13.0. The summed E-state index contributed by atoms with van der Waals surface area (Å²) in [6.07, 6.45) is -1.69. The van der Waals surface area contributed by atoms with E-state index in [1.165, 1.54) is 28.0 Å². The number of aromatic hydroxyl groups is 1. The number of hydrogen-bond donors (Lipinski definition) is 1. The average molecular weight is 424 g/mol. The Balaban J connectivity index is 1.76.